The summed E-state index contributed by atoms with van der Waals surface area (Å²) >= 11 is 0. The summed E-state index contributed by atoms with van der Waals surface area (Å²) < 4.78 is 0. The number of rotatable bonds is 3. The summed E-state index contributed by atoms with van der Waals surface area (Å²) in [6.07, 6.45) is 12.7. The summed E-state index contributed by atoms with van der Waals surface area (Å²) in [5.41, 5.74) is 1.42. The third kappa shape index (κ3) is 4.00. The van der Waals surface area contributed by atoms with Crippen LogP contribution in [0.25, 0.3) is 0 Å². The Labute approximate surface area is 134 Å². The first kappa shape index (κ1) is 15.3. The molecule has 1 saturated carbocycles. The summed E-state index contributed by atoms with van der Waals surface area (Å²) in [7, 11) is 0. The van der Waals surface area contributed by atoms with Gasteiger partial charge < -0.3 is 4.90 Å². The highest BCUT2D eigenvalue weighted by Gasteiger charge is 2.22. The molecule has 2 nitrogen and oxygen atoms in total. The van der Waals surface area contributed by atoms with Gasteiger partial charge in [-0.1, -0.05) is 55.7 Å². The predicted molar refractivity (Wildman–Crippen MR) is 90.7 cm³/mol. The van der Waals surface area contributed by atoms with Gasteiger partial charge in [-0.15, -0.1) is 0 Å². The lowest BCUT2D eigenvalue weighted by molar-refractivity contribution is -0.127. The smallest absolute Gasteiger partial charge is 0.246 e. The van der Waals surface area contributed by atoms with E-state index in [0.717, 1.165) is 25.9 Å². The number of allylic oxidation sites excluding steroid dienone is 1. The zero-order valence-electron chi connectivity index (χ0n) is 13.4. The average Bonchev–Trinajstić information content (AvgIpc) is 2.61. The van der Waals surface area contributed by atoms with Crippen molar-refractivity contribution in [3.8, 4) is 0 Å². The SMILES string of the molecule is O=C(/C=C/C1CCCCC1)N1CCC(c2ccccc2)CC1. The summed E-state index contributed by atoms with van der Waals surface area (Å²) in [5, 5.41) is 0. The molecule has 0 spiro atoms. The van der Waals surface area contributed by atoms with Gasteiger partial charge >= 0.3 is 0 Å². The molecule has 1 heterocycles. The van der Waals surface area contributed by atoms with E-state index in [1.807, 2.05) is 11.0 Å². The standard InChI is InChI=1S/C20H27NO/c22-20(12-11-17-7-3-1-4-8-17)21-15-13-19(14-16-21)18-9-5-2-6-10-18/h2,5-6,9-12,17,19H,1,3-4,7-8,13-16H2/b12-11+. The predicted octanol–water partition coefficient (Wildman–Crippen LogP) is 4.53. The summed E-state index contributed by atoms with van der Waals surface area (Å²) in [4.78, 5) is 14.3. The fourth-order valence-corrected chi connectivity index (χ4v) is 3.81. The van der Waals surface area contributed by atoms with E-state index in [9.17, 15) is 4.79 Å². The van der Waals surface area contributed by atoms with Crippen molar-refractivity contribution in [2.75, 3.05) is 13.1 Å². The van der Waals surface area contributed by atoms with E-state index in [2.05, 4.69) is 36.4 Å². The van der Waals surface area contributed by atoms with E-state index in [1.165, 1.54) is 37.7 Å². The number of carbonyl (C=O) groups is 1. The molecule has 0 bridgehead atoms. The zero-order chi connectivity index (χ0) is 15.2. The Morgan fingerprint density at radius 2 is 1.64 bits per heavy atom. The largest absolute Gasteiger partial charge is 0.339 e. The molecule has 0 N–H and O–H groups in total. The zero-order valence-corrected chi connectivity index (χ0v) is 13.4. The van der Waals surface area contributed by atoms with Gasteiger partial charge in [-0.25, -0.2) is 0 Å². The van der Waals surface area contributed by atoms with Gasteiger partial charge in [-0.3, -0.25) is 4.79 Å². The van der Waals surface area contributed by atoms with E-state index in [-0.39, 0.29) is 5.91 Å². The molecule has 1 aromatic carbocycles. The minimum absolute atomic E-state index is 0.220. The summed E-state index contributed by atoms with van der Waals surface area (Å²) in [6.45, 7) is 1.79. The van der Waals surface area contributed by atoms with Crippen molar-refractivity contribution < 1.29 is 4.79 Å². The van der Waals surface area contributed by atoms with Crippen molar-refractivity contribution in [2.45, 2.75) is 50.9 Å². The molecule has 1 amide bonds. The number of benzene rings is 1. The molecule has 22 heavy (non-hydrogen) atoms. The molecular formula is C20H27NO. The highest BCUT2D eigenvalue weighted by molar-refractivity contribution is 5.87. The van der Waals surface area contributed by atoms with Gasteiger partial charge in [-0.05, 0) is 49.2 Å². The molecule has 0 atom stereocenters. The monoisotopic (exact) mass is 297 g/mol. The molecule has 1 aliphatic heterocycles. The molecule has 2 heteroatoms. The van der Waals surface area contributed by atoms with Gasteiger partial charge in [0.1, 0.15) is 0 Å². The first-order valence-corrected chi connectivity index (χ1v) is 8.85. The van der Waals surface area contributed by atoms with Crippen molar-refractivity contribution in [2.24, 2.45) is 5.92 Å². The molecule has 0 radical (unpaired) electrons. The molecule has 1 aromatic rings. The Balaban J connectivity index is 1.48. The highest BCUT2D eigenvalue weighted by atomic mass is 16.2. The van der Waals surface area contributed by atoms with E-state index in [4.69, 9.17) is 0 Å². The lowest BCUT2D eigenvalue weighted by atomic mass is 9.88. The second-order valence-corrected chi connectivity index (χ2v) is 6.77. The third-order valence-corrected chi connectivity index (χ3v) is 5.24. The lowest BCUT2D eigenvalue weighted by Crippen LogP contribution is -2.37. The molecule has 0 unspecified atom stereocenters. The first-order chi connectivity index (χ1) is 10.8. The maximum Gasteiger partial charge on any atom is 0.246 e. The molecule has 2 aliphatic rings. The van der Waals surface area contributed by atoms with E-state index < -0.39 is 0 Å². The van der Waals surface area contributed by atoms with Crippen LogP contribution < -0.4 is 0 Å². The van der Waals surface area contributed by atoms with Gasteiger partial charge in [0.2, 0.25) is 5.91 Å². The summed E-state index contributed by atoms with van der Waals surface area (Å²) in [5.74, 6) is 1.48. The highest BCUT2D eigenvalue weighted by Crippen LogP contribution is 2.28. The van der Waals surface area contributed by atoms with Crippen molar-refractivity contribution in [1.29, 1.82) is 0 Å². The van der Waals surface area contributed by atoms with E-state index in [0.29, 0.717) is 11.8 Å². The van der Waals surface area contributed by atoms with Crippen LogP contribution in [0.1, 0.15) is 56.4 Å². The normalized spacial score (nSPS) is 21.4. The minimum atomic E-state index is 0.220. The van der Waals surface area contributed by atoms with E-state index >= 15 is 0 Å². The Bertz CT molecular complexity index is 494. The number of hydrogen-bond donors (Lipinski definition) is 0. The van der Waals surface area contributed by atoms with Crippen LogP contribution in [0.4, 0.5) is 0 Å². The Hall–Kier alpha value is -1.57. The number of hydrogen-bond acceptors (Lipinski definition) is 1. The fraction of sp³-hybridized carbons (Fsp3) is 0.550. The van der Waals surface area contributed by atoms with Crippen molar-refractivity contribution >= 4 is 5.91 Å². The van der Waals surface area contributed by atoms with Crippen LogP contribution >= 0.6 is 0 Å². The van der Waals surface area contributed by atoms with E-state index in [1.54, 1.807) is 0 Å². The second kappa shape index (κ2) is 7.62. The van der Waals surface area contributed by atoms with Crippen molar-refractivity contribution in [3.05, 3.63) is 48.0 Å². The molecule has 1 aliphatic carbocycles. The molecule has 0 aromatic heterocycles. The number of amides is 1. The number of nitrogens with zero attached hydrogens (tertiary/aromatic N) is 1. The number of piperidine rings is 1. The van der Waals surface area contributed by atoms with Gasteiger partial charge in [0.15, 0.2) is 0 Å². The molecular weight excluding hydrogens is 270 g/mol. The Kier molecular flexibility index (Phi) is 5.31. The van der Waals surface area contributed by atoms with Crippen LogP contribution in [0.15, 0.2) is 42.5 Å². The maximum absolute atomic E-state index is 12.3. The Morgan fingerprint density at radius 3 is 2.32 bits per heavy atom. The van der Waals surface area contributed by atoms with Crippen LogP contribution in [-0.4, -0.2) is 23.9 Å². The average molecular weight is 297 g/mol. The van der Waals surface area contributed by atoms with Gasteiger partial charge in [-0.2, -0.15) is 0 Å². The second-order valence-electron chi connectivity index (χ2n) is 6.77. The van der Waals surface area contributed by atoms with Crippen LogP contribution in [0.2, 0.25) is 0 Å². The van der Waals surface area contributed by atoms with Crippen LogP contribution in [0.5, 0.6) is 0 Å². The molecule has 1 saturated heterocycles. The molecule has 2 fully saturated rings. The Morgan fingerprint density at radius 1 is 0.955 bits per heavy atom. The molecule has 3 rings (SSSR count). The maximum atomic E-state index is 12.3. The molecule has 118 valence electrons. The van der Waals surface area contributed by atoms with Crippen LogP contribution in [-0.2, 0) is 4.79 Å². The van der Waals surface area contributed by atoms with Crippen LogP contribution in [0, 0.1) is 5.92 Å². The first-order valence-electron chi connectivity index (χ1n) is 8.85. The van der Waals surface area contributed by atoms with Gasteiger partial charge in [0.25, 0.3) is 0 Å². The lowest BCUT2D eigenvalue weighted by Gasteiger charge is -2.31. The number of carbonyl (C=O) groups excluding carboxylic acids is 1. The van der Waals surface area contributed by atoms with Crippen molar-refractivity contribution in [3.63, 3.8) is 0 Å². The number of likely N-dealkylation sites (tertiary alicyclic amines) is 1. The van der Waals surface area contributed by atoms with Gasteiger partial charge in [0, 0.05) is 13.1 Å². The fourth-order valence-electron chi connectivity index (χ4n) is 3.81. The minimum Gasteiger partial charge on any atom is -0.339 e. The third-order valence-electron chi connectivity index (χ3n) is 5.24. The quantitative estimate of drug-likeness (QED) is 0.751. The van der Waals surface area contributed by atoms with Gasteiger partial charge in [0.05, 0.1) is 0 Å². The van der Waals surface area contributed by atoms with Crippen LogP contribution in [0.3, 0.4) is 0 Å². The topological polar surface area (TPSA) is 20.3 Å². The summed E-state index contributed by atoms with van der Waals surface area (Å²) in [6, 6.07) is 10.7. The van der Waals surface area contributed by atoms with Crippen molar-refractivity contribution in [1.82, 2.24) is 4.90 Å².